The van der Waals surface area contributed by atoms with E-state index in [1.165, 1.54) is 4.90 Å². The van der Waals surface area contributed by atoms with Crippen LogP contribution in [0.3, 0.4) is 0 Å². The first-order valence-electron chi connectivity index (χ1n) is 7.85. The topological polar surface area (TPSA) is 47.4 Å². The summed E-state index contributed by atoms with van der Waals surface area (Å²) in [5.74, 6) is 0.640. The summed E-state index contributed by atoms with van der Waals surface area (Å²) < 4.78 is 7.55. The van der Waals surface area contributed by atoms with Gasteiger partial charge in [0.2, 0.25) is 0 Å². The van der Waals surface area contributed by atoms with Gasteiger partial charge in [0.05, 0.1) is 6.20 Å². The van der Waals surface area contributed by atoms with E-state index in [4.69, 9.17) is 4.74 Å². The maximum Gasteiger partial charge on any atom is 0.262 e. The Labute approximate surface area is 141 Å². The van der Waals surface area contributed by atoms with Crippen LogP contribution in [-0.4, -0.2) is 40.8 Å². The van der Waals surface area contributed by atoms with Crippen LogP contribution >= 0.6 is 0 Å². The fraction of sp³-hybridized carbons (Fsp3) is 0.263. The highest BCUT2D eigenvalue weighted by atomic mass is 16.5. The lowest BCUT2D eigenvalue weighted by atomic mass is 10.0. The van der Waals surface area contributed by atoms with Crippen molar-refractivity contribution in [2.24, 2.45) is 7.05 Å². The number of nitrogens with zero attached hydrogens (tertiary/aromatic N) is 3. The van der Waals surface area contributed by atoms with Gasteiger partial charge in [-0.1, -0.05) is 18.2 Å². The molecule has 0 aliphatic rings. The Morgan fingerprint density at radius 1 is 1.12 bits per heavy atom. The molecule has 1 heterocycles. The Morgan fingerprint density at radius 2 is 1.83 bits per heavy atom. The van der Waals surface area contributed by atoms with Gasteiger partial charge in [0.1, 0.15) is 5.75 Å². The number of carbonyl (C=O) groups is 1. The van der Waals surface area contributed by atoms with Crippen molar-refractivity contribution >= 4 is 16.7 Å². The molecule has 5 nitrogen and oxygen atoms in total. The molecule has 1 atom stereocenters. The van der Waals surface area contributed by atoms with Crippen LogP contribution in [0.2, 0.25) is 0 Å². The van der Waals surface area contributed by atoms with E-state index < -0.39 is 6.10 Å². The maximum absolute atomic E-state index is 11.9. The quantitative estimate of drug-likeness (QED) is 0.741. The number of aryl methyl sites for hydroxylation is 1. The van der Waals surface area contributed by atoms with E-state index in [0.29, 0.717) is 5.75 Å². The third-order valence-corrected chi connectivity index (χ3v) is 3.95. The molecule has 2 aromatic carbocycles. The fourth-order valence-electron chi connectivity index (χ4n) is 2.67. The summed E-state index contributed by atoms with van der Waals surface area (Å²) in [4.78, 5) is 13.4. The molecular weight excluding hydrogens is 302 g/mol. The molecule has 0 N–H and O–H groups in total. The fourth-order valence-corrected chi connectivity index (χ4v) is 2.67. The zero-order valence-electron chi connectivity index (χ0n) is 14.4. The van der Waals surface area contributed by atoms with Gasteiger partial charge in [-0.05, 0) is 41.5 Å². The first-order chi connectivity index (χ1) is 11.4. The standard InChI is InChI=1S/C19H21N3O2/c1-13(19(23)21(2)3)24-18-8-7-14-9-15(5-6-16(14)10-18)17-11-20-22(4)12-17/h5-13H,1-4H3. The Morgan fingerprint density at radius 3 is 2.50 bits per heavy atom. The number of fused-ring (bicyclic) bond motifs is 1. The average molecular weight is 323 g/mol. The lowest BCUT2D eigenvalue weighted by Crippen LogP contribution is -2.35. The van der Waals surface area contributed by atoms with Crippen LogP contribution in [0.25, 0.3) is 21.9 Å². The van der Waals surface area contributed by atoms with Gasteiger partial charge in [-0.3, -0.25) is 9.48 Å². The molecule has 0 spiro atoms. The van der Waals surface area contributed by atoms with Gasteiger partial charge >= 0.3 is 0 Å². The molecule has 0 bridgehead atoms. The highest BCUT2D eigenvalue weighted by Crippen LogP contribution is 2.27. The smallest absolute Gasteiger partial charge is 0.262 e. The van der Waals surface area contributed by atoms with E-state index in [1.807, 2.05) is 37.6 Å². The van der Waals surface area contributed by atoms with Crippen LogP contribution in [0.1, 0.15) is 6.92 Å². The molecule has 124 valence electrons. The Hall–Kier alpha value is -2.82. The van der Waals surface area contributed by atoms with Crippen molar-refractivity contribution in [1.29, 1.82) is 0 Å². The van der Waals surface area contributed by atoms with E-state index in [0.717, 1.165) is 21.9 Å². The van der Waals surface area contributed by atoms with E-state index >= 15 is 0 Å². The number of carbonyl (C=O) groups excluding carboxylic acids is 1. The summed E-state index contributed by atoms with van der Waals surface area (Å²) in [6, 6.07) is 12.1. The summed E-state index contributed by atoms with van der Waals surface area (Å²) in [5.41, 5.74) is 2.21. The number of hydrogen-bond donors (Lipinski definition) is 0. The molecule has 24 heavy (non-hydrogen) atoms. The molecular formula is C19H21N3O2. The summed E-state index contributed by atoms with van der Waals surface area (Å²) in [7, 11) is 5.36. The Balaban J connectivity index is 1.86. The third kappa shape index (κ3) is 3.25. The number of aromatic nitrogens is 2. The Bertz CT molecular complexity index is 883. The van der Waals surface area contributed by atoms with Crippen LogP contribution < -0.4 is 4.74 Å². The van der Waals surface area contributed by atoms with Gasteiger partial charge in [0, 0.05) is 32.9 Å². The molecule has 5 heteroatoms. The number of benzene rings is 2. The second-order valence-electron chi connectivity index (χ2n) is 6.12. The van der Waals surface area contributed by atoms with Crippen LogP contribution in [0.15, 0.2) is 48.8 Å². The van der Waals surface area contributed by atoms with Crippen LogP contribution in [0, 0.1) is 0 Å². The second-order valence-corrected chi connectivity index (χ2v) is 6.12. The van der Waals surface area contributed by atoms with E-state index in [-0.39, 0.29) is 5.91 Å². The molecule has 0 saturated heterocycles. The Kier molecular flexibility index (Phi) is 4.25. The molecule has 1 amide bonds. The largest absolute Gasteiger partial charge is 0.481 e. The minimum atomic E-state index is -0.507. The third-order valence-electron chi connectivity index (χ3n) is 3.95. The second kappa shape index (κ2) is 6.35. The van der Waals surface area contributed by atoms with Crippen LogP contribution in [0.5, 0.6) is 5.75 Å². The van der Waals surface area contributed by atoms with Crippen molar-refractivity contribution in [3.05, 3.63) is 48.8 Å². The maximum atomic E-state index is 11.9. The highest BCUT2D eigenvalue weighted by Gasteiger charge is 2.16. The zero-order chi connectivity index (χ0) is 17.3. The van der Waals surface area contributed by atoms with Gasteiger partial charge in [-0.2, -0.15) is 5.10 Å². The van der Waals surface area contributed by atoms with Gasteiger partial charge in [0.15, 0.2) is 6.10 Å². The molecule has 1 aromatic heterocycles. The number of amides is 1. The molecule has 0 saturated carbocycles. The average Bonchev–Trinajstić information content (AvgIpc) is 3.00. The van der Waals surface area contributed by atoms with Crippen molar-refractivity contribution < 1.29 is 9.53 Å². The molecule has 3 rings (SSSR count). The highest BCUT2D eigenvalue weighted by molar-refractivity contribution is 5.88. The predicted molar refractivity (Wildman–Crippen MR) is 94.9 cm³/mol. The number of likely N-dealkylation sites (N-methyl/N-ethyl adjacent to an activating group) is 1. The van der Waals surface area contributed by atoms with E-state index in [9.17, 15) is 4.79 Å². The summed E-state index contributed by atoms with van der Waals surface area (Å²) >= 11 is 0. The molecule has 0 radical (unpaired) electrons. The number of hydrogen-bond acceptors (Lipinski definition) is 3. The number of ether oxygens (including phenoxy) is 1. The van der Waals surface area contributed by atoms with E-state index in [1.54, 1.807) is 25.7 Å². The van der Waals surface area contributed by atoms with Crippen molar-refractivity contribution in [2.75, 3.05) is 14.1 Å². The molecule has 0 aliphatic carbocycles. The minimum absolute atomic E-state index is 0.0537. The predicted octanol–water partition coefficient (Wildman–Crippen LogP) is 3.10. The van der Waals surface area contributed by atoms with Crippen molar-refractivity contribution in [2.45, 2.75) is 13.0 Å². The SMILES string of the molecule is CC(Oc1ccc2cc(-c3cnn(C)c3)ccc2c1)C(=O)N(C)C. The van der Waals surface area contributed by atoms with Crippen molar-refractivity contribution in [3.63, 3.8) is 0 Å². The molecule has 3 aromatic rings. The van der Waals surface area contributed by atoms with Gasteiger partial charge < -0.3 is 9.64 Å². The monoisotopic (exact) mass is 323 g/mol. The molecule has 0 fully saturated rings. The van der Waals surface area contributed by atoms with Crippen LogP contribution in [0.4, 0.5) is 0 Å². The first-order valence-corrected chi connectivity index (χ1v) is 7.85. The summed E-state index contributed by atoms with van der Waals surface area (Å²) in [5, 5.41) is 6.41. The number of rotatable bonds is 4. The first kappa shape index (κ1) is 16.1. The van der Waals surface area contributed by atoms with Crippen molar-refractivity contribution in [1.82, 2.24) is 14.7 Å². The van der Waals surface area contributed by atoms with Gasteiger partial charge in [-0.25, -0.2) is 0 Å². The summed E-state index contributed by atoms with van der Waals surface area (Å²) in [6.45, 7) is 1.76. The van der Waals surface area contributed by atoms with E-state index in [2.05, 4.69) is 23.3 Å². The normalized spacial score (nSPS) is 12.2. The zero-order valence-corrected chi connectivity index (χ0v) is 14.4. The minimum Gasteiger partial charge on any atom is -0.481 e. The lowest BCUT2D eigenvalue weighted by Gasteiger charge is -2.18. The molecule has 1 unspecified atom stereocenters. The van der Waals surface area contributed by atoms with Gasteiger partial charge in [-0.15, -0.1) is 0 Å². The molecule has 0 aliphatic heterocycles. The summed E-state index contributed by atoms with van der Waals surface area (Å²) in [6.07, 6.45) is 3.34. The van der Waals surface area contributed by atoms with Crippen molar-refractivity contribution in [3.8, 4) is 16.9 Å². The van der Waals surface area contributed by atoms with Crippen LogP contribution in [-0.2, 0) is 11.8 Å². The lowest BCUT2D eigenvalue weighted by molar-refractivity contribution is -0.135. The van der Waals surface area contributed by atoms with Gasteiger partial charge in [0.25, 0.3) is 5.91 Å².